The maximum Gasteiger partial charge on any atom is 0.335 e. The predicted octanol–water partition coefficient (Wildman–Crippen LogP) is 4.51. The smallest absolute Gasteiger partial charge is 0.335 e. The number of benzene rings is 1. The molecule has 0 saturated heterocycles. The molecule has 0 amide bonds. The molecular weight excluding hydrogens is 431 g/mol. The number of H-pyrrole nitrogens is 1. The molecule has 1 aromatic carbocycles. The Morgan fingerprint density at radius 2 is 1.81 bits per heavy atom. The van der Waals surface area contributed by atoms with Crippen LogP contribution >= 0.6 is 7.60 Å². The fraction of sp³-hybridized carbons (Fsp3) is 0.500. The molecule has 2 aromatic heterocycles. The summed E-state index contributed by atoms with van der Waals surface area (Å²) in [5.74, 6) is 1.65. The summed E-state index contributed by atoms with van der Waals surface area (Å²) in [5.41, 5.74) is 2.12. The van der Waals surface area contributed by atoms with Crippen molar-refractivity contribution in [2.24, 2.45) is 0 Å². The minimum absolute atomic E-state index is 0.103. The molecule has 3 rings (SSSR count). The molecule has 0 aliphatic rings. The summed E-state index contributed by atoms with van der Waals surface area (Å²) in [4.78, 5) is 20.3. The van der Waals surface area contributed by atoms with E-state index < -0.39 is 7.60 Å². The Kier molecular flexibility index (Phi) is 7.87. The van der Waals surface area contributed by atoms with Gasteiger partial charge in [0.15, 0.2) is 11.3 Å². The normalized spacial score (nSPS) is 11.9. The van der Waals surface area contributed by atoms with Crippen molar-refractivity contribution in [3.8, 4) is 17.1 Å². The minimum atomic E-state index is -3.29. The van der Waals surface area contributed by atoms with Crippen LogP contribution in [0.15, 0.2) is 23.0 Å². The monoisotopic (exact) mass is 462 g/mol. The van der Waals surface area contributed by atoms with Crippen LogP contribution < -0.4 is 10.3 Å². The summed E-state index contributed by atoms with van der Waals surface area (Å²) in [7, 11) is -3.29. The predicted molar refractivity (Wildman–Crippen MR) is 124 cm³/mol. The van der Waals surface area contributed by atoms with Gasteiger partial charge >= 0.3 is 7.60 Å². The molecule has 3 aromatic rings. The Balaban J connectivity index is 2.14. The van der Waals surface area contributed by atoms with Crippen molar-refractivity contribution >= 4 is 13.1 Å². The van der Waals surface area contributed by atoms with Crippen molar-refractivity contribution in [1.29, 1.82) is 0 Å². The summed E-state index contributed by atoms with van der Waals surface area (Å²) < 4.78 is 31.3. The van der Waals surface area contributed by atoms with Gasteiger partial charge in [-0.15, -0.1) is 5.10 Å². The number of aromatic amines is 1. The molecule has 0 atom stereocenters. The van der Waals surface area contributed by atoms with Gasteiger partial charge in [-0.2, -0.15) is 0 Å². The molecule has 0 bridgehead atoms. The first-order chi connectivity index (χ1) is 15.4. The minimum Gasteiger partial charge on any atom is -0.493 e. The Morgan fingerprint density at radius 3 is 2.44 bits per heavy atom. The van der Waals surface area contributed by atoms with Crippen LogP contribution in [0, 0.1) is 6.92 Å². The number of aryl methyl sites for hydroxylation is 2. The summed E-state index contributed by atoms with van der Waals surface area (Å²) in [6.45, 7) is 10.3. The third kappa shape index (κ3) is 5.11. The molecular formula is C22H31N4O5P. The molecule has 10 heteroatoms. The molecule has 0 aliphatic carbocycles. The molecule has 0 unspecified atom stereocenters. The number of ether oxygens (including phenoxy) is 1. The number of nitrogens with zero attached hydrogens (tertiary/aromatic N) is 3. The number of imidazole rings is 1. The summed E-state index contributed by atoms with van der Waals surface area (Å²) >= 11 is 0. The maximum atomic E-state index is 13.0. The number of hydrogen-bond donors (Lipinski definition) is 1. The van der Waals surface area contributed by atoms with Crippen LogP contribution in [-0.4, -0.2) is 39.4 Å². The van der Waals surface area contributed by atoms with E-state index in [4.69, 9.17) is 13.8 Å². The van der Waals surface area contributed by atoms with Crippen LogP contribution in [0.2, 0.25) is 0 Å². The zero-order valence-corrected chi connectivity index (χ0v) is 20.2. The molecule has 0 saturated carbocycles. The third-order valence-electron chi connectivity index (χ3n) is 4.84. The number of rotatable bonds is 11. The molecule has 32 heavy (non-hydrogen) atoms. The van der Waals surface area contributed by atoms with E-state index >= 15 is 0 Å². The maximum absolute atomic E-state index is 13.0. The van der Waals surface area contributed by atoms with Gasteiger partial charge in [0.2, 0.25) is 0 Å². The van der Waals surface area contributed by atoms with Crippen LogP contribution in [0.1, 0.15) is 51.2 Å². The van der Waals surface area contributed by atoms with Crippen LogP contribution in [-0.2, 0) is 26.2 Å². The molecule has 1 N–H and O–H groups in total. The first-order valence-electron chi connectivity index (χ1n) is 11.0. The second-order valence-corrected chi connectivity index (χ2v) is 9.35. The first-order valence-corrected chi connectivity index (χ1v) is 12.7. The van der Waals surface area contributed by atoms with Crippen molar-refractivity contribution < 1.29 is 18.3 Å². The van der Waals surface area contributed by atoms with E-state index in [0.717, 1.165) is 17.8 Å². The number of aromatic nitrogens is 4. The van der Waals surface area contributed by atoms with Crippen molar-refractivity contribution in [3.63, 3.8) is 0 Å². The van der Waals surface area contributed by atoms with E-state index in [2.05, 4.69) is 22.0 Å². The fourth-order valence-electron chi connectivity index (χ4n) is 3.63. The van der Waals surface area contributed by atoms with E-state index in [9.17, 15) is 9.36 Å². The Hall–Kier alpha value is -2.48. The van der Waals surface area contributed by atoms with Crippen molar-refractivity contribution in [2.75, 3.05) is 19.8 Å². The SMILES string of the molecule is CCCc1nc(C)c2c(=O)[nH]c(-c3cc(CP(=O)(OCC)OCC)ccc3OCC)nn12. The number of hydrogen-bond acceptors (Lipinski definition) is 7. The van der Waals surface area contributed by atoms with Crippen LogP contribution in [0.3, 0.4) is 0 Å². The fourth-order valence-corrected chi connectivity index (χ4v) is 5.32. The summed E-state index contributed by atoms with van der Waals surface area (Å²) in [5, 5.41) is 4.69. The topological polar surface area (TPSA) is 108 Å². The van der Waals surface area contributed by atoms with Crippen molar-refractivity contribution in [1.82, 2.24) is 19.6 Å². The standard InChI is InChI=1S/C22H31N4O5P/c1-6-10-19-23-15(5)20-22(27)24-21(25-26(19)20)17-13-16(11-12-18(17)29-7-2)14-32(28,30-8-3)31-9-4/h11-13H,6-10,14H2,1-5H3,(H,24,25,27). The molecule has 0 fully saturated rings. The lowest BCUT2D eigenvalue weighted by atomic mass is 10.1. The highest BCUT2D eigenvalue weighted by molar-refractivity contribution is 7.53. The molecule has 0 spiro atoms. The molecule has 174 valence electrons. The van der Waals surface area contributed by atoms with Crippen LogP contribution in [0.5, 0.6) is 5.75 Å². The van der Waals surface area contributed by atoms with Gasteiger partial charge in [-0.3, -0.25) is 9.36 Å². The number of nitrogens with one attached hydrogen (secondary N) is 1. The van der Waals surface area contributed by atoms with Gasteiger partial charge in [-0.1, -0.05) is 13.0 Å². The zero-order chi connectivity index (χ0) is 23.3. The van der Waals surface area contributed by atoms with Gasteiger partial charge in [-0.25, -0.2) is 9.50 Å². The Labute approximate surface area is 187 Å². The van der Waals surface area contributed by atoms with E-state index in [1.807, 2.05) is 19.1 Å². The lowest BCUT2D eigenvalue weighted by Gasteiger charge is -2.18. The lowest BCUT2D eigenvalue weighted by molar-refractivity contribution is 0.219. The first kappa shape index (κ1) is 24.2. The van der Waals surface area contributed by atoms with Gasteiger partial charge in [0, 0.05) is 6.42 Å². The summed E-state index contributed by atoms with van der Waals surface area (Å²) in [6, 6.07) is 5.41. The van der Waals surface area contributed by atoms with Crippen molar-refractivity contribution in [2.45, 2.75) is 53.6 Å². The quantitative estimate of drug-likeness (QED) is 0.418. The Morgan fingerprint density at radius 1 is 1.09 bits per heavy atom. The Bertz CT molecular complexity index is 1180. The average Bonchev–Trinajstić information content (AvgIpc) is 3.05. The summed E-state index contributed by atoms with van der Waals surface area (Å²) in [6.07, 6.45) is 1.69. The highest BCUT2D eigenvalue weighted by Gasteiger charge is 2.25. The molecule has 0 aliphatic heterocycles. The highest BCUT2D eigenvalue weighted by Crippen LogP contribution is 2.51. The van der Waals surface area contributed by atoms with Gasteiger partial charge in [0.1, 0.15) is 11.6 Å². The van der Waals surface area contributed by atoms with Crippen LogP contribution in [0.4, 0.5) is 0 Å². The van der Waals surface area contributed by atoms with E-state index in [-0.39, 0.29) is 24.9 Å². The third-order valence-corrected chi connectivity index (χ3v) is 6.90. The van der Waals surface area contributed by atoms with E-state index in [0.29, 0.717) is 41.4 Å². The molecule has 2 heterocycles. The second-order valence-electron chi connectivity index (χ2n) is 7.29. The zero-order valence-electron chi connectivity index (χ0n) is 19.3. The van der Waals surface area contributed by atoms with Gasteiger partial charge < -0.3 is 18.8 Å². The van der Waals surface area contributed by atoms with Gasteiger partial charge in [-0.05, 0) is 51.8 Å². The van der Waals surface area contributed by atoms with Gasteiger partial charge in [0.25, 0.3) is 5.56 Å². The van der Waals surface area contributed by atoms with Crippen molar-refractivity contribution in [3.05, 3.63) is 45.6 Å². The van der Waals surface area contributed by atoms with Gasteiger partial charge in [0.05, 0.1) is 37.2 Å². The molecule has 0 radical (unpaired) electrons. The average molecular weight is 462 g/mol. The number of fused-ring (bicyclic) bond motifs is 1. The molecule has 9 nitrogen and oxygen atoms in total. The van der Waals surface area contributed by atoms with Crippen LogP contribution in [0.25, 0.3) is 16.9 Å². The second kappa shape index (κ2) is 10.4. The lowest BCUT2D eigenvalue weighted by Crippen LogP contribution is -2.16. The highest BCUT2D eigenvalue weighted by atomic mass is 31.2. The van der Waals surface area contributed by atoms with E-state index in [1.54, 1.807) is 31.4 Å². The largest absolute Gasteiger partial charge is 0.493 e. The van der Waals surface area contributed by atoms with E-state index in [1.165, 1.54) is 0 Å².